The van der Waals surface area contributed by atoms with Gasteiger partial charge in [-0.05, 0) is 38.0 Å². The van der Waals surface area contributed by atoms with E-state index in [0.29, 0.717) is 12.4 Å². The van der Waals surface area contributed by atoms with Crippen molar-refractivity contribution in [3.8, 4) is 0 Å². The van der Waals surface area contributed by atoms with E-state index in [1.165, 1.54) is 11.1 Å². The van der Waals surface area contributed by atoms with Gasteiger partial charge in [0.15, 0.2) is 0 Å². The average molecular weight is 377 g/mol. The molecule has 0 aliphatic heterocycles. The van der Waals surface area contributed by atoms with Gasteiger partial charge >= 0.3 is 0 Å². The highest BCUT2D eigenvalue weighted by atomic mass is 16.2. The van der Waals surface area contributed by atoms with Gasteiger partial charge < -0.3 is 10.6 Å². The lowest BCUT2D eigenvalue weighted by Gasteiger charge is -2.18. The summed E-state index contributed by atoms with van der Waals surface area (Å²) in [7, 11) is 1.71. The van der Waals surface area contributed by atoms with E-state index >= 15 is 0 Å². The summed E-state index contributed by atoms with van der Waals surface area (Å²) in [4.78, 5) is 12.7. The molecule has 0 saturated carbocycles. The minimum atomic E-state index is -0.266. The molecule has 5 nitrogen and oxygen atoms in total. The Kier molecular flexibility index (Phi) is 7.57. The van der Waals surface area contributed by atoms with Crippen LogP contribution in [0.1, 0.15) is 23.6 Å². The van der Waals surface area contributed by atoms with E-state index in [1.807, 2.05) is 69.3 Å². The molecule has 2 aromatic rings. The second kappa shape index (κ2) is 10.1. The van der Waals surface area contributed by atoms with E-state index in [2.05, 4.69) is 22.3 Å². The van der Waals surface area contributed by atoms with Crippen LogP contribution >= 0.6 is 0 Å². The molecule has 2 N–H and O–H groups in total. The second-order valence-electron chi connectivity index (χ2n) is 6.50. The Balaban J connectivity index is 2.09. The molecule has 0 fully saturated rings. The predicted molar refractivity (Wildman–Crippen MR) is 117 cm³/mol. The van der Waals surface area contributed by atoms with Crippen LogP contribution in [0.2, 0.25) is 0 Å². The molecule has 0 aliphatic rings. The van der Waals surface area contributed by atoms with Gasteiger partial charge in [-0.1, -0.05) is 60.7 Å². The van der Waals surface area contributed by atoms with Crippen molar-refractivity contribution in [1.82, 2.24) is 10.3 Å². The molecule has 0 radical (unpaired) electrons. The number of carbonyl (C=O) groups is 1. The summed E-state index contributed by atoms with van der Waals surface area (Å²) in [6.45, 7) is 10.4. The maximum atomic E-state index is 12.7. The van der Waals surface area contributed by atoms with E-state index < -0.39 is 0 Å². The quantitative estimate of drug-likeness (QED) is 0.412. The molecule has 0 saturated heterocycles. The number of benzene rings is 2. The molecule has 2 rings (SSSR count). The molecular formula is C23H28N4O. The third kappa shape index (κ3) is 5.84. The number of hydrazone groups is 1. The second-order valence-corrected chi connectivity index (χ2v) is 6.50. The largest absolute Gasteiger partial charge is 0.381 e. The van der Waals surface area contributed by atoms with E-state index in [-0.39, 0.29) is 5.91 Å². The third-order valence-electron chi connectivity index (χ3n) is 4.25. The van der Waals surface area contributed by atoms with Crippen LogP contribution in [0, 0.1) is 13.8 Å². The van der Waals surface area contributed by atoms with Crippen LogP contribution in [0.3, 0.4) is 0 Å². The first-order valence-electron chi connectivity index (χ1n) is 9.21. The van der Waals surface area contributed by atoms with Gasteiger partial charge in [0.25, 0.3) is 5.91 Å². The van der Waals surface area contributed by atoms with E-state index in [1.54, 1.807) is 13.1 Å². The Morgan fingerprint density at radius 3 is 2.61 bits per heavy atom. The molecule has 2 aromatic carbocycles. The minimum absolute atomic E-state index is 0.266. The summed E-state index contributed by atoms with van der Waals surface area (Å²) in [5.41, 5.74) is 5.04. The van der Waals surface area contributed by atoms with Gasteiger partial charge in [-0.2, -0.15) is 10.1 Å². The summed E-state index contributed by atoms with van der Waals surface area (Å²) < 4.78 is 0. The number of aryl methyl sites for hydroxylation is 2. The Labute approximate surface area is 167 Å². The molecule has 0 aliphatic carbocycles. The standard InChI is InChI=1S/C23H28N4O/c1-17-10-8-12-21(16-17)19(3)26-27(20(4)24-5)23(28)14-9-15-25-22-13-7-6-11-18(22)2/h6-14,16,24-25H,4,15H2,1-3,5H3/b14-9+,26-19+. The van der Waals surface area contributed by atoms with Crippen molar-refractivity contribution in [2.24, 2.45) is 5.10 Å². The van der Waals surface area contributed by atoms with E-state index in [4.69, 9.17) is 0 Å². The van der Waals surface area contributed by atoms with Crippen molar-refractivity contribution in [2.45, 2.75) is 20.8 Å². The van der Waals surface area contributed by atoms with E-state index in [0.717, 1.165) is 28.1 Å². The first-order chi connectivity index (χ1) is 13.4. The monoisotopic (exact) mass is 376 g/mol. The zero-order valence-electron chi connectivity index (χ0n) is 17.0. The Bertz CT molecular complexity index is 899. The lowest BCUT2D eigenvalue weighted by atomic mass is 10.1. The van der Waals surface area contributed by atoms with Crippen molar-refractivity contribution >= 4 is 17.3 Å². The average Bonchev–Trinajstić information content (AvgIpc) is 2.69. The highest BCUT2D eigenvalue weighted by molar-refractivity contribution is 6.00. The maximum Gasteiger partial charge on any atom is 0.272 e. The smallest absolute Gasteiger partial charge is 0.272 e. The molecular weight excluding hydrogens is 348 g/mol. The zero-order valence-corrected chi connectivity index (χ0v) is 17.0. The number of amides is 1. The first kappa shape index (κ1) is 21.0. The molecule has 28 heavy (non-hydrogen) atoms. The van der Waals surface area contributed by atoms with Gasteiger partial charge in [0, 0.05) is 25.4 Å². The van der Waals surface area contributed by atoms with Gasteiger partial charge in [0.2, 0.25) is 0 Å². The summed E-state index contributed by atoms with van der Waals surface area (Å²) in [5, 5.41) is 11.9. The highest BCUT2D eigenvalue weighted by Gasteiger charge is 2.13. The number of nitrogens with zero attached hydrogens (tertiary/aromatic N) is 2. The molecule has 5 heteroatoms. The summed E-state index contributed by atoms with van der Waals surface area (Å²) in [5.74, 6) is 0.145. The Hall–Kier alpha value is -3.34. The van der Waals surface area contributed by atoms with Crippen LogP contribution in [0.15, 0.2) is 78.2 Å². The summed E-state index contributed by atoms with van der Waals surface area (Å²) in [6, 6.07) is 16.0. The Morgan fingerprint density at radius 2 is 1.93 bits per heavy atom. The number of para-hydroxylation sites is 1. The minimum Gasteiger partial charge on any atom is -0.381 e. The van der Waals surface area contributed by atoms with Crippen molar-refractivity contribution in [1.29, 1.82) is 0 Å². The molecule has 0 heterocycles. The van der Waals surface area contributed by atoms with Gasteiger partial charge in [0.05, 0.1) is 5.71 Å². The molecule has 146 valence electrons. The van der Waals surface area contributed by atoms with Crippen LogP contribution in [0.5, 0.6) is 0 Å². The number of rotatable bonds is 8. The molecule has 0 atom stereocenters. The maximum absolute atomic E-state index is 12.7. The Morgan fingerprint density at radius 1 is 1.18 bits per heavy atom. The van der Waals surface area contributed by atoms with Crippen molar-refractivity contribution in [2.75, 3.05) is 18.9 Å². The lowest BCUT2D eigenvalue weighted by molar-refractivity contribution is -0.124. The van der Waals surface area contributed by atoms with Crippen LogP contribution in [0.4, 0.5) is 5.69 Å². The molecule has 1 amide bonds. The van der Waals surface area contributed by atoms with Crippen molar-refractivity contribution in [3.63, 3.8) is 0 Å². The van der Waals surface area contributed by atoms with Gasteiger partial charge in [0.1, 0.15) is 5.82 Å². The number of nitrogens with one attached hydrogen (secondary N) is 2. The van der Waals surface area contributed by atoms with Crippen molar-refractivity contribution in [3.05, 3.63) is 89.8 Å². The van der Waals surface area contributed by atoms with Gasteiger partial charge in [-0.3, -0.25) is 4.79 Å². The highest BCUT2D eigenvalue weighted by Crippen LogP contribution is 2.13. The van der Waals surface area contributed by atoms with E-state index in [9.17, 15) is 4.79 Å². The SMILES string of the molecule is C=C(NC)N(/N=C(\C)c1cccc(C)c1)C(=O)/C=C/CNc1ccccc1C. The zero-order chi connectivity index (χ0) is 20.5. The summed E-state index contributed by atoms with van der Waals surface area (Å²) >= 11 is 0. The fourth-order valence-corrected chi connectivity index (χ4v) is 2.60. The summed E-state index contributed by atoms with van der Waals surface area (Å²) in [6.07, 6.45) is 3.28. The fourth-order valence-electron chi connectivity index (χ4n) is 2.60. The molecule has 0 aromatic heterocycles. The fraction of sp³-hybridized carbons (Fsp3) is 0.217. The third-order valence-corrected chi connectivity index (χ3v) is 4.25. The molecule has 0 spiro atoms. The van der Waals surface area contributed by atoms with Gasteiger partial charge in [-0.25, -0.2) is 0 Å². The lowest BCUT2D eigenvalue weighted by Crippen LogP contribution is -2.30. The van der Waals surface area contributed by atoms with Crippen LogP contribution in [-0.2, 0) is 4.79 Å². The van der Waals surface area contributed by atoms with Crippen molar-refractivity contribution < 1.29 is 4.79 Å². The van der Waals surface area contributed by atoms with Gasteiger partial charge in [-0.15, -0.1) is 0 Å². The predicted octanol–water partition coefficient (Wildman–Crippen LogP) is 4.21. The number of hydrogen-bond acceptors (Lipinski definition) is 4. The molecule has 0 unspecified atom stereocenters. The first-order valence-corrected chi connectivity index (χ1v) is 9.21. The number of carbonyl (C=O) groups excluding carboxylic acids is 1. The normalized spacial score (nSPS) is 11.4. The van der Waals surface area contributed by atoms with Crippen LogP contribution in [-0.4, -0.2) is 30.2 Å². The number of anilines is 1. The number of hydrogen-bond donors (Lipinski definition) is 2. The topological polar surface area (TPSA) is 56.7 Å². The van der Waals surface area contributed by atoms with Crippen LogP contribution in [0.25, 0.3) is 0 Å². The van der Waals surface area contributed by atoms with Crippen LogP contribution < -0.4 is 10.6 Å². The molecule has 0 bridgehead atoms.